The Morgan fingerprint density at radius 2 is 1.82 bits per heavy atom. The Morgan fingerprint density at radius 3 is 2.62 bits per heavy atom. The van der Waals surface area contributed by atoms with Gasteiger partial charge >= 0.3 is 0 Å². The summed E-state index contributed by atoms with van der Waals surface area (Å²) in [5.74, 6) is 0.110. The largest absolute Gasteiger partial charge is 0.488 e. The zero-order chi connectivity index (χ0) is 27.4. The minimum absolute atomic E-state index is 0.116. The van der Waals surface area contributed by atoms with Crippen LogP contribution in [0.15, 0.2) is 107 Å². The lowest BCUT2D eigenvalue weighted by Crippen LogP contribution is -2.29. The van der Waals surface area contributed by atoms with E-state index in [9.17, 15) is 14.9 Å². The van der Waals surface area contributed by atoms with E-state index in [2.05, 4.69) is 6.58 Å². The molecule has 0 radical (unpaired) electrons. The highest BCUT2D eigenvalue weighted by Crippen LogP contribution is 2.38. The van der Waals surface area contributed by atoms with Gasteiger partial charge in [-0.25, -0.2) is 4.99 Å². The summed E-state index contributed by atoms with van der Waals surface area (Å²) in [4.78, 5) is 31.2. The van der Waals surface area contributed by atoms with Crippen LogP contribution in [0.4, 0.5) is 11.4 Å². The zero-order valence-corrected chi connectivity index (χ0v) is 22.2. The van der Waals surface area contributed by atoms with Crippen LogP contribution in [-0.4, -0.2) is 27.4 Å². The Morgan fingerprint density at radius 1 is 1.05 bits per heavy atom. The minimum Gasteiger partial charge on any atom is -0.488 e. The summed E-state index contributed by atoms with van der Waals surface area (Å²) in [6.45, 7) is 4.20. The third-order valence-corrected chi connectivity index (χ3v) is 7.39. The maximum atomic E-state index is 13.4. The summed E-state index contributed by atoms with van der Waals surface area (Å²) in [6, 6.07) is 25.3. The van der Waals surface area contributed by atoms with Gasteiger partial charge in [0.25, 0.3) is 11.6 Å². The summed E-state index contributed by atoms with van der Waals surface area (Å²) in [5.41, 5.74) is 1.79. The fraction of sp³-hybridized carbons (Fsp3) is 0.0667. The van der Waals surface area contributed by atoms with Gasteiger partial charge in [0.2, 0.25) is 0 Å². The van der Waals surface area contributed by atoms with Crippen molar-refractivity contribution in [3.05, 3.63) is 129 Å². The van der Waals surface area contributed by atoms with Gasteiger partial charge in [-0.1, -0.05) is 72.3 Å². The van der Waals surface area contributed by atoms with E-state index in [1.165, 1.54) is 34.9 Å². The normalized spacial score (nSPS) is 15.3. The average molecular weight is 556 g/mol. The molecule has 0 aromatic heterocycles. The van der Waals surface area contributed by atoms with Gasteiger partial charge in [-0.05, 0) is 41.4 Å². The first-order valence-corrected chi connectivity index (χ1v) is 13.2. The molecule has 1 amide bonds. The molecule has 0 unspecified atom stereocenters. The third-order valence-electron chi connectivity index (χ3n) is 6.01. The van der Waals surface area contributed by atoms with Crippen LogP contribution < -0.4 is 4.74 Å². The number of carbonyl (C=O) groups is 1. The number of benzene rings is 4. The third kappa shape index (κ3) is 5.72. The molecule has 0 atom stereocenters. The number of nitrogens with zero attached hydrogens (tertiary/aromatic N) is 3. The molecule has 0 bridgehead atoms. The second-order valence-corrected chi connectivity index (χ2v) is 9.98. The highest BCUT2D eigenvalue weighted by atomic mass is 35.5. The predicted molar refractivity (Wildman–Crippen MR) is 157 cm³/mol. The summed E-state index contributed by atoms with van der Waals surface area (Å²) < 4.78 is 6.00. The molecule has 1 aliphatic heterocycles. The van der Waals surface area contributed by atoms with Gasteiger partial charge in [0.05, 0.1) is 15.5 Å². The van der Waals surface area contributed by atoms with Crippen molar-refractivity contribution in [3.63, 3.8) is 0 Å². The first-order valence-electron chi connectivity index (χ1n) is 12.0. The molecule has 9 heteroatoms. The number of amides is 1. The van der Waals surface area contributed by atoms with Crippen molar-refractivity contribution in [1.29, 1.82) is 0 Å². The molecule has 0 aliphatic carbocycles. The number of thioether (sulfide) groups is 1. The van der Waals surface area contributed by atoms with Crippen molar-refractivity contribution in [2.24, 2.45) is 4.99 Å². The van der Waals surface area contributed by atoms with E-state index in [4.69, 9.17) is 21.3 Å². The molecule has 0 spiro atoms. The molecule has 7 nitrogen and oxygen atoms in total. The Labute approximate surface area is 234 Å². The number of halogens is 1. The summed E-state index contributed by atoms with van der Waals surface area (Å²) in [5, 5.41) is 14.6. The maximum absolute atomic E-state index is 13.4. The first kappa shape index (κ1) is 26.2. The number of fused-ring (bicyclic) bond motifs is 1. The zero-order valence-electron chi connectivity index (χ0n) is 20.6. The second-order valence-electron chi connectivity index (χ2n) is 8.57. The number of ether oxygens (including phenoxy) is 1. The average Bonchev–Trinajstić information content (AvgIpc) is 3.22. The van der Waals surface area contributed by atoms with E-state index in [0.29, 0.717) is 26.4 Å². The van der Waals surface area contributed by atoms with E-state index < -0.39 is 4.92 Å². The number of amidine groups is 1. The van der Waals surface area contributed by atoms with Crippen molar-refractivity contribution in [2.45, 2.75) is 6.61 Å². The number of rotatable bonds is 8. The Kier molecular flexibility index (Phi) is 7.76. The van der Waals surface area contributed by atoms with Crippen LogP contribution in [0.3, 0.4) is 0 Å². The monoisotopic (exact) mass is 555 g/mol. The van der Waals surface area contributed by atoms with Crippen LogP contribution in [0.2, 0.25) is 5.02 Å². The van der Waals surface area contributed by atoms with Gasteiger partial charge in [-0.3, -0.25) is 19.8 Å². The molecule has 1 aliphatic rings. The Hall–Kier alpha value is -4.40. The number of aliphatic imine (C=N–C) groups is 1. The summed E-state index contributed by atoms with van der Waals surface area (Å²) >= 11 is 7.46. The smallest absolute Gasteiger partial charge is 0.270 e. The molecule has 1 heterocycles. The first-order chi connectivity index (χ1) is 18.9. The van der Waals surface area contributed by atoms with Crippen molar-refractivity contribution >= 4 is 62.7 Å². The van der Waals surface area contributed by atoms with Gasteiger partial charge in [-0.2, -0.15) is 0 Å². The van der Waals surface area contributed by atoms with Crippen molar-refractivity contribution in [2.75, 3.05) is 6.54 Å². The van der Waals surface area contributed by atoms with E-state index in [1.54, 1.807) is 18.2 Å². The molecule has 1 saturated heterocycles. The topological polar surface area (TPSA) is 85.0 Å². The minimum atomic E-state index is -0.485. The van der Waals surface area contributed by atoms with Crippen LogP contribution in [-0.2, 0) is 11.4 Å². The van der Waals surface area contributed by atoms with E-state index >= 15 is 0 Å². The standard InChI is InChI=1S/C30H22ClN3O4S/c1-2-16-33-29(35)28(39-30(33)32-26-13-7-10-20-8-3-5-11-24(20)26)18-22-17-23(34(36)37)14-15-27(22)38-19-21-9-4-6-12-25(21)31/h2-15,17-18H,1,16,19H2/b28-18-,32-30?. The lowest BCUT2D eigenvalue weighted by atomic mass is 10.1. The highest BCUT2D eigenvalue weighted by molar-refractivity contribution is 8.18. The van der Waals surface area contributed by atoms with Gasteiger partial charge in [0, 0.05) is 40.2 Å². The fourth-order valence-electron chi connectivity index (χ4n) is 4.10. The van der Waals surface area contributed by atoms with Crippen molar-refractivity contribution in [3.8, 4) is 5.75 Å². The quantitative estimate of drug-likeness (QED) is 0.0959. The molecule has 1 fully saturated rings. The van der Waals surface area contributed by atoms with Gasteiger partial charge in [0.1, 0.15) is 12.4 Å². The van der Waals surface area contributed by atoms with Crippen molar-refractivity contribution in [1.82, 2.24) is 4.90 Å². The summed E-state index contributed by atoms with van der Waals surface area (Å²) in [7, 11) is 0. The number of nitro groups is 1. The predicted octanol–water partition coefficient (Wildman–Crippen LogP) is 7.77. The van der Waals surface area contributed by atoms with Crippen LogP contribution in [0.5, 0.6) is 5.75 Å². The van der Waals surface area contributed by atoms with E-state index in [-0.39, 0.29) is 24.7 Å². The van der Waals surface area contributed by atoms with Gasteiger partial charge in [0.15, 0.2) is 5.17 Å². The van der Waals surface area contributed by atoms with Crippen LogP contribution in [0.25, 0.3) is 16.8 Å². The Balaban J connectivity index is 1.52. The summed E-state index contributed by atoms with van der Waals surface area (Å²) in [6.07, 6.45) is 3.23. The molecule has 39 heavy (non-hydrogen) atoms. The molecule has 0 N–H and O–H groups in total. The molecule has 4 aromatic rings. The molecule has 4 aromatic carbocycles. The number of non-ortho nitro benzene ring substituents is 1. The molecular weight excluding hydrogens is 534 g/mol. The number of hydrogen-bond acceptors (Lipinski definition) is 6. The van der Waals surface area contributed by atoms with Crippen LogP contribution in [0.1, 0.15) is 11.1 Å². The van der Waals surface area contributed by atoms with Crippen LogP contribution in [0, 0.1) is 10.1 Å². The molecule has 194 valence electrons. The van der Waals surface area contributed by atoms with E-state index in [1.807, 2.05) is 60.7 Å². The van der Waals surface area contributed by atoms with Gasteiger partial charge in [-0.15, -0.1) is 6.58 Å². The highest BCUT2D eigenvalue weighted by Gasteiger charge is 2.33. The lowest BCUT2D eigenvalue weighted by molar-refractivity contribution is -0.384. The number of carbonyl (C=O) groups excluding carboxylic acids is 1. The SMILES string of the molecule is C=CCN1C(=O)/C(=C/c2cc([N+](=O)[O-])ccc2OCc2ccccc2Cl)SC1=Nc1cccc2ccccc12. The van der Waals surface area contributed by atoms with Gasteiger partial charge < -0.3 is 4.74 Å². The van der Waals surface area contributed by atoms with E-state index in [0.717, 1.165) is 22.0 Å². The van der Waals surface area contributed by atoms with Crippen molar-refractivity contribution < 1.29 is 14.5 Å². The molecule has 5 rings (SSSR count). The number of hydrogen-bond donors (Lipinski definition) is 0. The fourth-order valence-corrected chi connectivity index (χ4v) is 5.28. The Bertz CT molecular complexity index is 1660. The van der Waals surface area contributed by atoms with Crippen LogP contribution >= 0.6 is 23.4 Å². The second kappa shape index (κ2) is 11.6. The maximum Gasteiger partial charge on any atom is 0.270 e. The molecule has 0 saturated carbocycles. The lowest BCUT2D eigenvalue weighted by Gasteiger charge is -2.13. The number of nitro benzene ring substituents is 1. The molecular formula is C30H22ClN3O4S.